The van der Waals surface area contributed by atoms with Gasteiger partial charge in [0.1, 0.15) is 17.3 Å². The number of phenols is 1. The monoisotopic (exact) mass is 573 g/mol. The maximum atomic E-state index is 13.5. The molecule has 202 valence electrons. The van der Waals surface area contributed by atoms with Gasteiger partial charge < -0.3 is 19.6 Å². The van der Waals surface area contributed by atoms with Crippen molar-refractivity contribution in [1.82, 2.24) is 9.80 Å². The summed E-state index contributed by atoms with van der Waals surface area (Å²) in [6.45, 7) is 14.8. The molecule has 0 aliphatic carbocycles. The molecule has 1 aliphatic rings. The van der Waals surface area contributed by atoms with Gasteiger partial charge in [0.2, 0.25) is 0 Å². The fraction of sp³-hybridized carbons (Fsp3) is 0.483. The second-order valence-corrected chi connectivity index (χ2v) is 11.7. The zero-order chi connectivity index (χ0) is 27.2. The van der Waals surface area contributed by atoms with Gasteiger partial charge in [0.15, 0.2) is 5.78 Å². The third-order valence-corrected chi connectivity index (χ3v) is 6.46. The number of Topliss-reactive ketones (excluding diaryl/α,β-unsaturated/α-hetero) is 1. The third-order valence-electron chi connectivity index (χ3n) is 6.46. The van der Waals surface area contributed by atoms with Crippen molar-refractivity contribution in [3.8, 4) is 11.5 Å². The van der Waals surface area contributed by atoms with Gasteiger partial charge in [-0.2, -0.15) is 0 Å². The largest absolute Gasteiger partial charge is 0.507 e. The zero-order valence-electron chi connectivity index (χ0n) is 23.4. The Morgan fingerprint density at radius 3 is 2.03 bits per heavy atom. The van der Waals surface area contributed by atoms with Gasteiger partial charge in [-0.25, -0.2) is 0 Å². The van der Waals surface area contributed by atoms with Crippen LogP contribution in [0.15, 0.2) is 24.3 Å². The summed E-state index contributed by atoms with van der Waals surface area (Å²) in [6.07, 6.45) is 0. The highest BCUT2D eigenvalue weighted by molar-refractivity contribution is 8.93. The number of nitrogens with one attached hydrogen (secondary N) is 1. The number of halogens is 1. The van der Waals surface area contributed by atoms with Crippen molar-refractivity contribution in [2.75, 3.05) is 27.2 Å². The lowest BCUT2D eigenvalue weighted by molar-refractivity contribution is 0.0823. The fourth-order valence-corrected chi connectivity index (χ4v) is 4.45. The standard InChI is InChI=1S/C29H39N3O4.BrH/c1-10-36-24-13-18-15-32(26(30)19(18)14-20(24)27(35)31(8)9)16-23(33)17-11-21(28(2,3)4)25(34)22(12-17)29(5,6)7;/h11-14,30,34H,10,15-16H2,1-9H3;1H. The highest BCUT2D eigenvalue weighted by atomic mass is 79.9. The summed E-state index contributed by atoms with van der Waals surface area (Å²) in [5, 5.41) is 19.7. The normalized spacial score (nSPS) is 13.2. The minimum Gasteiger partial charge on any atom is -0.507 e. The molecular weight excluding hydrogens is 534 g/mol. The SMILES string of the molecule is Br.CCOc1cc2c(cc1C(=O)N(C)C)C(=N)N(CC(=O)c1cc(C(C)(C)C)c(O)c(C(C)(C)C)c1)C2. The Labute approximate surface area is 231 Å². The van der Waals surface area contributed by atoms with Crippen molar-refractivity contribution in [3.63, 3.8) is 0 Å². The van der Waals surface area contributed by atoms with Crippen molar-refractivity contribution < 1.29 is 19.4 Å². The number of phenolic OH excluding ortho intramolecular Hbond substituents is 1. The van der Waals surface area contributed by atoms with Crippen LogP contribution >= 0.6 is 17.0 Å². The van der Waals surface area contributed by atoms with E-state index in [0.717, 1.165) is 16.7 Å². The van der Waals surface area contributed by atoms with E-state index >= 15 is 0 Å². The molecule has 0 aromatic heterocycles. The molecule has 8 heteroatoms. The summed E-state index contributed by atoms with van der Waals surface area (Å²) in [5.74, 6) is 0.601. The molecule has 2 aromatic rings. The Morgan fingerprint density at radius 2 is 1.57 bits per heavy atom. The second kappa shape index (κ2) is 10.9. The lowest BCUT2D eigenvalue weighted by Crippen LogP contribution is -2.31. The first-order valence-corrected chi connectivity index (χ1v) is 12.3. The van der Waals surface area contributed by atoms with E-state index in [1.54, 1.807) is 37.2 Å². The minimum atomic E-state index is -0.345. The predicted molar refractivity (Wildman–Crippen MR) is 153 cm³/mol. The molecule has 0 radical (unpaired) electrons. The Bertz CT molecular complexity index is 1190. The maximum Gasteiger partial charge on any atom is 0.257 e. The summed E-state index contributed by atoms with van der Waals surface area (Å²) in [7, 11) is 3.36. The highest BCUT2D eigenvalue weighted by Crippen LogP contribution is 2.40. The Hall–Kier alpha value is -2.87. The van der Waals surface area contributed by atoms with Crippen LogP contribution in [0.4, 0.5) is 0 Å². The van der Waals surface area contributed by atoms with Gasteiger partial charge in [0, 0.05) is 42.9 Å². The number of benzene rings is 2. The number of rotatable bonds is 6. The van der Waals surface area contributed by atoms with Crippen molar-refractivity contribution in [1.29, 1.82) is 5.41 Å². The van der Waals surface area contributed by atoms with Gasteiger partial charge in [0.05, 0.1) is 18.7 Å². The molecule has 37 heavy (non-hydrogen) atoms. The molecule has 0 atom stereocenters. The van der Waals surface area contributed by atoms with Crippen LogP contribution in [0.5, 0.6) is 11.5 Å². The maximum absolute atomic E-state index is 13.5. The molecule has 1 amide bonds. The quantitative estimate of drug-likeness (QED) is 0.433. The van der Waals surface area contributed by atoms with E-state index in [2.05, 4.69) is 0 Å². The molecule has 2 aromatic carbocycles. The number of ketones is 1. The Kier molecular flexibility index (Phi) is 8.91. The minimum absolute atomic E-state index is 0. The van der Waals surface area contributed by atoms with E-state index in [-0.39, 0.29) is 57.6 Å². The molecule has 7 nitrogen and oxygen atoms in total. The molecule has 0 spiro atoms. The van der Waals surface area contributed by atoms with Gasteiger partial charge in [-0.3, -0.25) is 15.0 Å². The van der Waals surface area contributed by atoms with Crippen molar-refractivity contribution >= 4 is 34.5 Å². The van der Waals surface area contributed by atoms with E-state index in [9.17, 15) is 14.7 Å². The molecule has 2 N–H and O–H groups in total. The smallest absolute Gasteiger partial charge is 0.257 e. The van der Waals surface area contributed by atoms with Crippen LogP contribution in [-0.4, -0.2) is 59.7 Å². The molecule has 0 fully saturated rings. The number of fused-ring (bicyclic) bond motifs is 1. The summed E-state index contributed by atoms with van der Waals surface area (Å²) in [5.41, 5.74) is 3.17. The number of ether oxygens (including phenoxy) is 1. The molecule has 0 saturated carbocycles. The lowest BCUT2D eigenvalue weighted by atomic mass is 9.78. The summed E-state index contributed by atoms with van der Waals surface area (Å²) in [6, 6.07) is 7.07. The summed E-state index contributed by atoms with van der Waals surface area (Å²) >= 11 is 0. The van der Waals surface area contributed by atoms with E-state index in [1.807, 2.05) is 54.5 Å². The van der Waals surface area contributed by atoms with E-state index in [0.29, 0.717) is 35.6 Å². The number of nitrogens with zero attached hydrogens (tertiary/aromatic N) is 2. The number of hydrogen-bond donors (Lipinski definition) is 2. The van der Waals surface area contributed by atoms with Crippen molar-refractivity contribution in [2.24, 2.45) is 0 Å². The van der Waals surface area contributed by atoms with Crippen LogP contribution in [0.2, 0.25) is 0 Å². The molecule has 0 unspecified atom stereocenters. The Balaban J connectivity index is 0.00000481. The summed E-state index contributed by atoms with van der Waals surface area (Å²) in [4.78, 5) is 29.4. The zero-order valence-corrected chi connectivity index (χ0v) is 25.1. The molecule has 1 aliphatic heterocycles. The first kappa shape index (κ1) is 30.4. The van der Waals surface area contributed by atoms with Crippen LogP contribution in [0.25, 0.3) is 0 Å². The second-order valence-electron chi connectivity index (χ2n) is 11.7. The number of carbonyl (C=O) groups excluding carboxylic acids is 2. The van der Waals surface area contributed by atoms with Crippen LogP contribution in [0, 0.1) is 5.41 Å². The molecule has 1 heterocycles. The van der Waals surface area contributed by atoms with Gasteiger partial charge in [0.25, 0.3) is 5.91 Å². The number of amidine groups is 1. The fourth-order valence-electron chi connectivity index (χ4n) is 4.45. The van der Waals surface area contributed by atoms with Crippen LogP contribution in [0.3, 0.4) is 0 Å². The Morgan fingerprint density at radius 1 is 1.03 bits per heavy atom. The highest BCUT2D eigenvalue weighted by Gasteiger charge is 2.32. The average molecular weight is 575 g/mol. The van der Waals surface area contributed by atoms with Crippen LogP contribution < -0.4 is 4.74 Å². The molecule has 0 bridgehead atoms. The lowest BCUT2D eigenvalue weighted by Gasteiger charge is -2.28. The van der Waals surface area contributed by atoms with E-state index in [1.165, 1.54) is 4.90 Å². The van der Waals surface area contributed by atoms with Crippen LogP contribution in [-0.2, 0) is 17.4 Å². The van der Waals surface area contributed by atoms with Gasteiger partial charge >= 0.3 is 0 Å². The van der Waals surface area contributed by atoms with E-state index in [4.69, 9.17) is 10.1 Å². The average Bonchev–Trinajstić information content (AvgIpc) is 3.05. The van der Waals surface area contributed by atoms with Crippen LogP contribution in [0.1, 0.15) is 91.4 Å². The number of amides is 1. The number of carbonyl (C=O) groups is 2. The topological polar surface area (TPSA) is 93.9 Å². The van der Waals surface area contributed by atoms with Gasteiger partial charge in [-0.1, -0.05) is 41.5 Å². The first-order valence-electron chi connectivity index (χ1n) is 12.3. The summed E-state index contributed by atoms with van der Waals surface area (Å²) < 4.78 is 5.73. The predicted octanol–water partition coefficient (Wildman–Crippen LogP) is 5.69. The van der Waals surface area contributed by atoms with Gasteiger partial charge in [-0.15, -0.1) is 17.0 Å². The molecular formula is C29H40BrN3O4. The van der Waals surface area contributed by atoms with Gasteiger partial charge in [-0.05, 0) is 47.6 Å². The molecule has 3 rings (SSSR count). The van der Waals surface area contributed by atoms with Crippen molar-refractivity contribution in [2.45, 2.75) is 65.8 Å². The molecule has 0 saturated heterocycles. The van der Waals surface area contributed by atoms with E-state index < -0.39 is 0 Å². The third kappa shape index (κ3) is 6.17. The number of hydrogen-bond acceptors (Lipinski definition) is 5. The number of aromatic hydroxyl groups is 1. The first-order chi connectivity index (χ1) is 16.6. The van der Waals surface area contributed by atoms with Crippen molar-refractivity contribution in [3.05, 3.63) is 57.6 Å².